The van der Waals surface area contributed by atoms with E-state index in [1.165, 1.54) is 13.8 Å². The van der Waals surface area contributed by atoms with E-state index in [0.29, 0.717) is 19.8 Å². The van der Waals surface area contributed by atoms with Crippen LogP contribution in [0.3, 0.4) is 0 Å². The van der Waals surface area contributed by atoms with Gasteiger partial charge in [-0.3, -0.25) is 14.5 Å². The van der Waals surface area contributed by atoms with E-state index in [1.54, 1.807) is 4.90 Å². The van der Waals surface area contributed by atoms with Gasteiger partial charge >= 0.3 is 0 Å². The average molecular weight is 229 g/mol. The lowest BCUT2D eigenvalue weighted by atomic mass is 10.2. The molecule has 0 spiro atoms. The second-order valence-corrected chi connectivity index (χ2v) is 4.38. The fraction of sp³-hybridized carbons (Fsp3) is 0.818. The van der Waals surface area contributed by atoms with E-state index in [-0.39, 0.29) is 24.7 Å². The van der Waals surface area contributed by atoms with Gasteiger partial charge in [0.1, 0.15) is 11.6 Å². The highest BCUT2D eigenvalue weighted by molar-refractivity contribution is 5.80. The predicted octanol–water partition coefficient (Wildman–Crippen LogP) is 0.229. The Morgan fingerprint density at radius 1 is 1.12 bits per heavy atom. The number of rotatable bonds is 6. The normalized spacial score (nSPS) is 19.0. The van der Waals surface area contributed by atoms with E-state index in [1.807, 2.05) is 6.92 Å². The molecular formula is C11H19NO4. The van der Waals surface area contributed by atoms with Crippen LogP contribution in [0, 0.1) is 0 Å². The van der Waals surface area contributed by atoms with Crippen molar-refractivity contribution in [1.29, 1.82) is 0 Å². The summed E-state index contributed by atoms with van der Waals surface area (Å²) in [5.74, 6) is -0.629. The van der Waals surface area contributed by atoms with E-state index < -0.39 is 5.79 Å². The molecule has 0 radical (unpaired) electrons. The number of Topliss-reactive ketones (excluding diaryl/α,β-unsaturated/α-hetero) is 2. The number of carbonyl (C=O) groups is 2. The van der Waals surface area contributed by atoms with Gasteiger partial charge < -0.3 is 9.47 Å². The second kappa shape index (κ2) is 5.52. The van der Waals surface area contributed by atoms with Gasteiger partial charge in [0.25, 0.3) is 0 Å². The molecule has 0 atom stereocenters. The fourth-order valence-electron chi connectivity index (χ4n) is 1.85. The van der Waals surface area contributed by atoms with Crippen LogP contribution in [0.15, 0.2) is 0 Å². The van der Waals surface area contributed by atoms with E-state index in [2.05, 4.69) is 0 Å². The zero-order valence-corrected chi connectivity index (χ0v) is 10.1. The third kappa shape index (κ3) is 4.38. The molecule has 0 aromatic heterocycles. The molecule has 1 saturated heterocycles. The molecule has 92 valence electrons. The number of carbonyl (C=O) groups excluding carboxylic acids is 2. The van der Waals surface area contributed by atoms with Crippen molar-refractivity contribution < 1.29 is 19.1 Å². The first-order valence-corrected chi connectivity index (χ1v) is 5.40. The van der Waals surface area contributed by atoms with Crippen molar-refractivity contribution in [1.82, 2.24) is 4.90 Å². The van der Waals surface area contributed by atoms with Crippen LogP contribution < -0.4 is 0 Å². The Balaban J connectivity index is 2.54. The van der Waals surface area contributed by atoms with Crippen molar-refractivity contribution >= 4 is 11.6 Å². The molecule has 0 unspecified atom stereocenters. The number of ether oxygens (including phenoxy) is 2. The van der Waals surface area contributed by atoms with Gasteiger partial charge in [0.15, 0.2) is 5.79 Å². The lowest BCUT2D eigenvalue weighted by Gasteiger charge is -2.29. The highest BCUT2D eigenvalue weighted by Crippen LogP contribution is 2.19. The average Bonchev–Trinajstić information content (AvgIpc) is 2.48. The van der Waals surface area contributed by atoms with Gasteiger partial charge in [-0.05, 0) is 20.8 Å². The van der Waals surface area contributed by atoms with E-state index in [9.17, 15) is 9.59 Å². The van der Waals surface area contributed by atoms with Crippen LogP contribution in [0.25, 0.3) is 0 Å². The van der Waals surface area contributed by atoms with E-state index in [0.717, 1.165) is 0 Å². The Hall–Kier alpha value is -0.780. The van der Waals surface area contributed by atoms with Crippen molar-refractivity contribution in [2.45, 2.75) is 26.6 Å². The summed E-state index contributed by atoms with van der Waals surface area (Å²) in [4.78, 5) is 23.9. The van der Waals surface area contributed by atoms with Crippen molar-refractivity contribution in [3.05, 3.63) is 0 Å². The monoisotopic (exact) mass is 229 g/mol. The van der Waals surface area contributed by atoms with E-state index in [4.69, 9.17) is 9.47 Å². The molecule has 0 aliphatic carbocycles. The molecule has 1 aliphatic rings. The zero-order valence-electron chi connectivity index (χ0n) is 10.1. The van der Waals surface area contributed by atoms with Crippen LogP contribution in [0.4, 0.5) is 0 Å². The minimum absolute atomic E-state index is 0.0304. The summed E-state index contributed by atoms with van der Waals surface area (Å²) in [6.07, 6.45) is 0. The molecule has 0 amide bonds. The van der Waals surface area contributed by atoms with Crippen molar-refractivity contribution in [2.24, 2.45) is 0 Å². The van der Waals surface area contributed by atoms with Crippen LogP contribution in [-0.2, 0) is 19.1 Å². The maximum atomic E-state index is 11.1. The standard InChI is InChI=1S/C11H19NO4/c1-9(13)6-12(7-10(2)14)8-11(3)15-4-5-16-11/h4-8H2,1-3H3. The Morgan fingerprint density at radius 2 is 1.56 bits per heavy atom. The molecule has 0 aromatic rings. The minimum atomic E-state index is -0.690. The largest absolute Gasteiger partial charge is 0.347 e. The molecule has 16 heavy (non-hydrogen) atoms. The number of nitrogens with zero attached hydrogens (tertiary/aromatic N) is 1. The van der Waals surface area contributed by atoms with Crippen LogP contribution in [0.5, 0.6) is 0 Å². The van der Waals surface area contributed by atoms with Gasteiger partial charge in [-0.1, -0.05) is 0 Å². The molecular weight excluding hydrogens is 210 g/mol. The summed E-state index contributed by atoms with van der Waals surface area (Å²) < 4.78 is 10.9. The first kappa shape index (κ1) is 13.3. The SMILES string of the molecule is CC(=O)CN(CC(C)=O)CC1(C)OCCO1. The third-order valence-corrected chi connectivity index (χ3v) is 2.30. The van der Waals surface area contributed by atoms with Crippen LogP contribution in [0.1, 0.15) is 20.8 Å². The maximum absolute atomic E-state index is 11.1. The molecule has 0 bridgehead atoms. The lowest BCUT2D eigenvalue weighted by Crippen LogP contribution is -2.45. The Bertz CT molecular complexity index is 255. The molecule has 0 N–H and O–H groups in total. The summed E-state index contributed by atoms with van der Waals surface area (Å²) in [5.41, 5.74) is 0. The quantitative estimate of drug-likeness (QED) is 0.652. The number of hydrogen-bond donors (Lipinski definition) is 0. The molecule has 5 heteroatoms. The van der Waals surface area contributed by atoms with Gasteiger partial charge in [0, 0.05) is 0 Å². The molecule has 0 saturated carbocycles. The Labute approximate surface area is 95.7 Å². The smallest absolute Gasteiger partial charge is 0.178 e. The van der Waals surface area contributed by atoms with Gasteiger partial charge in [-0.25, -0.2) is 0 Å². The summed E-state index contributed by atoms with van der Waals surface area (Å²) in [6.45, 7) is 6.90. The van der Waals surface area contributed by atoms with Gasteiger partial charge in [0.05, 0.1) is 32.8 Å². The van der Waals surface area contributed by atoms with Crippen LogP contribution >= 0.6 is 0 Å². The summed E-state index contributed by atoms with van der Waals surface area (Å²) >= 11 is 0. The highest BCUT2D eigenvalue weighted by Gasteiger charge is 2.33. The molecule has 0 aromatic carbocycles. The number of ketones is 2. The second-order valence-electron chi connectivity index (χ2n) is 4.38. The van der Waals surface area contributed by atoms with E-state index >= 15 is 0 Å². The van der Waals surface area contributed by atoms with Crippen LogP contribution in [-0.4, -0.2) is 55.1 Å². The summed E-state index contributed by atoms with van der Waals surface area (Å²) in [5, 5.41) is 0. The summed E-state index contributed by atoms with van der Waals surface area (Å²) in [6, 6.07) is 0. The van der Waals surface area contributed by atoms with Gasteiger partial charge in [0.2, 0.25) is 0 Å². The van der Waals surface area contributed by atoms with Crippen molar-refractivity contribution in [2.75, 3.05) is 32.8 Å². The third-order valence-electron chi connectivity index (χ3n) is 2.30. The molecule has 5 nitrogen and oxygen atoms in total. The molecule has 1 aliphatic heterocycles. The maximum Gasteiger partial charge on any atom is 0.178 e. The lowest BCUT2D eigenvalue weighted by molar-refractivity contribution is -0.158. The topological polar surface area (TPSA) is 55.8 Å². The Morgan fingerprint density at radius 3 is 1.94 bits per heavy atom. The van der Waals surface area contributed by atoms with Crippen LogP contribution in [0.2, 0.25) is 0 Å². The van der Waals surface area contributed by atoms with Crippen molar-refractivity contribution in [3.8, 4) is 0 Å². The first-order valence-electron chi connectivity index (χ1n) is 5.40. The van der Waals surface area contributed by atoms with Gasteiger partial charge in [-0.15, -0.1) is 0 Å². The zero-order chi connectivity index (χ0) is 12.2. The highest BCUT2D eigenvalue weighted by atomic mass is 16.7. The molecule has 1 fully saturated rings. The Kier molecular flexibility index (Phi) is 4.58. The first-order chi connectivity index (χ1) is 7.41. The number of hydrogen-bond acceptors (Lipinski definition) is 5. The predicted molar refractivity (Wildman–Crippen MR) is 58.1 cm³/mol. The van der Waals surface area contributed by atoms with Gasteiger partial charge in [-0.2, -0.15) is 0 Å². The fourth-order valence-corrected chi connectivity index (χ4v) is 1.85. The molecule has 1 heterocycles. The molecule has 1 rings (SSSR count). The minimum Gasteiger partial charge on any atom is -0.347 e. The van der Waals surface area contributed by atoms with Crippen molar-refractivity contribution in [3.63, 3.8) is 0 Å². The summed E-state index contributed by atoms with van der Waals surface area (Å²) in [7, 11) is 0.